The maximum Gasteiger partial charge on any atom is 0.222 e. The third-order valence-electron chi connectivity index (χ3n) is 4.63. The SMILES string of the molecule is Cc1cc(C#N)ccc1-c1ccnc(NCc2cc(-c3cc[n+](O)cc3)n[nH]2)c1. The first-order valence-corrected chi connectivity index (χ1v) is 9.08. The van der Waals surface area contributed by atoms with Gasteiger partial charge in [-0.25, -0.2) is 4.98 Å². The summed E-state index contributed by atoms with van der Waals surface area (Å²) in [6.07, 6.45) is 4.88. The van der Waals surface area contributed by atoms with Gasteiger partial charge in [-0.05, 0) is 53.9 Å². The van der Waals surface area contributed by atoms with Crippen molar-refractivity contribution in [3.63, 3.8) is 0 Å². The second-order valence-electron chi connectivity index (χ2n) is 6.67. The van der Waals surface area contributed by atoms with Gasteiger partial charge in [0.25, 0.3) is 0 Å². The summed E-state index contributed by atoms with van der Waals surface area (Å²) in [6.45, 7) is 2.54. The van der Waals surface area contributed by atoms with Crippen LogP contribution in [0.2, 0.25) is 0 Å². The maximum atomic E-state index is 9.32. The first-order chi connectivity index (χ1) is 14.1. The van der Waals surface area contributed by atoms with Gasteiger partial charge in [0.05, 0.1) is 29.6 Å². The molecular formula is C22H19N6O+. The quantitative estimate of drug-likeness (QED) is 0.362. The van der Waals surface area contributed by atoms with Crippen molar-refractivity contribution >= 4 is 5.82 Å². The molecule has 0 saturated carbocycles. The number of benzene rings is 1. The Morgan fingerprint density at radius 3 is 2.69 bits per heavy atom. The van der Waals surface area contributed by atoms with Gasteiger partial charge in [0.15, 0.2) is 0 Å². The highest BCUT2D eigenvalue weighted by Gasteiger charge is 2.08. The normalized spacial score (nSPS) is 10.5. The van der Waals surface area contributed by atoms with Gasteiger partial charge in [-0.3, -0.25) is 10.3 Å². The number of nitrogens with one attached hydrogen (secondary N) is 2. The fourth-order valence-corrected chi connectivity index (χ4v) is 3.13. The van der Waals surface area contributed by atoms with Crippen LogP contribution in [-0.2, 0) is 6.54 Å². The largest absolute Gasteiger partial charge is 0.364 e. The Bertz CT molecular complexity index is 1190. The van der Waals surface area contributed by atoms with Crippen molar-refractivity contribution in [2.45, 2.75) is 13.5 Å². The Morgan fingerprint density at radius 1 is 1.10 bits per heavy atom. The summed E-state index contributed by atoms with van der Waals surface area (Å²) >= 11 is 0. The zero-order valence-electron chi connectivity index (χ0n) is 15.8. The predicted molar refractivity (Wildman–Crippen MR) is 108 cm³/mol. The third-order valence-corrected chi connectivity index (χ3v) is 4.63. The van der Waals surface area contributed by atoms with Crippen LogP contribution < -0.4 is 10.0 Å². The summed E-state index contributed by atoms with van der Waals surface area (Å²) in [5.41, 5.74) is 6.45. The molecule has 7 nitrogen and oxygen atoms in total. The average Bonchev–Trinajstić information content (AvgIpc) is 3.22. The smallest absolute Gasteiger partial charge is 0.222 e. The summed E-state index contributed by atoms with van der Waals surface area (Å²) < 4.78 is 0.993. The molecule has 0 spiro atoms. The molecule has 4 aromatic rings. The standard InChI is InChI=1S/C22H18N6O/c1-15-10-16(13-23)2-3-20(15)18-4-7-24-22(11-18)25-14-19-12-21(27-26-19)17-5-8-28(29)9-6-17/h2-12,29H,14H2,1H3,(H,24,25)/p+1. The molecule has 3 aromatic heterocycles. The molecular weight excluding hydrogens is 364 g/mol. The maximum absolute atomic E-state index is 9.32. The van der Waals surface area contributed by atoms with Gasteiger partial charge in [-0.15, -0.1) is 0 Å². The zero-order valence-corrected chi connectivity index (χ0v) is 15.8. The van der Waals surface area contributed by atoms with E-state index < -0.39 is 0 Å². The number of aryl methyl sites for hydroxylation is 1. The van der Waals surface area contributed by atoms with E-state index in [2.05, 4.69) is 26.6 Å². The van der Waals surface area contributed by atoms with Crippen molar-refractivity contribution in [2.24, 2.45) is 0 Å². The van der Waals surface area contributed by atoms with Gasteiger partial charge in [-0.2, -0.15) is 10.4 Å². The van der Waals surface area contributed by atoms with E-state index in [1.807, 2.05) is 43.3 Å². The lowest BCUT2D eigenvalue weighted by Crippen LogP contribution is -2.27. The molecule has 0 aliphatic rings. The second-order valence-corrected chi connectivity index (χ2v) is 6.67. The summed E-state index contributed by atoms with van der Waals surface area (Å²) in [7, 11) is 0. The van der Waals surface area contributed by atoms with E-state index in [1.165, 1.54) is 0 Å². The van der Waals surface area contributed by atoms with Crippen LogP contribution in [-0.4, -0.2) is 20.4 Å². The van der Waals surface area contributed by atoms with Crippen LogP contribution in [0.1, 0.15) is 16.8 Å². The zero-order chi connectivity index (χ0) is 20.2. The molecule has 0 aliphatic heterocycles. The first-order valence-electron chi connectivity index (χ1n) is 9.08. The van der Waals surface area contributed by atoms with Gasteiger partial charge in [0, 0.05) is 28.6 Å². The van der Waals surface area contributed by atoms with Gasteiger partial charge in [-0.1, -0.05) is 6.07 Å². The van der Waals surface area contributed by atoms with E-state index in [1.54, 1.807) is 30.7 Å². The predicted octanol–water partition coefficient (Wildman–Crippen LogP) is 3.46. The number of pyridine rings is 2. The molecule has 7 heteroatoms. The third kappa shape index (κ3) is 4.06. The number of aromatic nitrogens is 4. The van der Waals surface area contributed by atoms with Crippen LogP contribution in [0.3, 0.4) is 0 Å². The van der Waals surface area contributed by atoms with Crippen molar-refractivity contribution in [1.29, 1.82) is 5.26 Å². The van der Waals surface area contributed by atoms with E-state index in [4.69, 9.17) is 5.26 Å². The summed E-state index contributed by atoms with van der Waals surface area (Å²) in [5, 5.41) is 29.0. The molecule has 3 heterocycles. The van der Waals surface area contributed by atoms with E-state index in [9.17, 15) is 5.21 Å². The van der Waals surface area contributed by atoms with E-state index in [0.29, 0.717) is 12.1 Å². The number of aromatic amines is 1. The van der Waals surface area contributed by atoms with Crippen molar-refractivity contribution < 1.29 is 9.94 Å². The Kier molecular flexibility index (Phi) is 4.91. The molecule has 0 saturated heterocycles. The first kappa shape index (κ1) is 18.2. The Hall–Kier alpha value is -4.18. The molecule has 3 N–H and O–H groups in total. The van der Waals surface area contributed by atoms with Crippen molar-refractivity contribution in [2.75, 3.05) is 5.32 Å². The minimum atomic E-state index is 0.544. The minimum Gasteiger partial charge on any atom is -0.364 e. The number of rotatable bonds is 5. The fourth-order valence-electron chi connectivity index (χ4n) is 3.13. The number of anilines is 1. The summed E-state index contributed by atoms with van der Waals surface area (Å²) in [4.78, 5) is 4.39. The van der Waals surface area contributed by atoms with E-state index >= 15 is 0 Å². The molecule has 4 rings (SSSR count). The highest BCUT2D eigenvalue weighted by Crippen LogP contribution is 2.26. The number of H-pyrrole nitrogens is 1. The molecule has 0 unspecified atom stereocenters. The van der Waals surface area contributed by atoms with Crippen LogP contribution >= 0.6 is 0 Å². The molecule has 0 radical (unpaired) electrons. The Labute approximate surface area is 167 Å². The molecule has 0 atom stereocenters. The van der Waals surface area contributed by atoms with Crippen molar-refractivity contribution in [3.8, 4) is 28.5 Å². The molecule has 0 bridgehead atoms. The summed E-state index contributed by atoms with van der Waals surface area (Å²) in [5.74, 6) is 0.753. The molecule has 1 aromatic carbocycles. The highest BCUT2D eigenvalue weighted by molar-refractivity contribution is 5.70. The lowest BCUT2D eigenvalue weighted by Gasteiger charge is -2.09. The fraction of sp³-hybridized carbons (Fsp3) is 0.0909. The molecule has 0 amide bonds. The monoisotopic (exact) mass is 383 g/mol. The molecule has 29 heavy (non-hydrogen) atoms. The Morgan fingerprint density at radius 2 is 1.93 bits per heavy atom. The van der Waals surface area contributed by atoms with Gasteiger partial charge >= 0.3 is 0 Å². The lowest BCUT2D eigenvalue weighted by atomic mass is 9.99. The average molecular weight is 383 g/mol. The Balaban J connectivity index is 1.48. The molecule has 0 aliphatic carbocycles. The molecule has 142 valence electrons. The van der Waals surface area contributed by atoms with Crippen LogP contribution in [0.15, 0.2) is 67.1 Å². The number of hydrogen-bond donors (Lipinski definition) is 3. The van der Waals surface area contributed by atoms with Gasteiger partial charge in [0.1, 0.15) is 5.82 Å². The number of hydrogen-bond acceptors (Lipinski definition) is 5. The van der Waals surface area contributed by atoms with Gasteiger partial charge < -0.3 is 5.32 Å². The number of nitriles is 1. The highest BCUT2D eigenvalue weighted by atomic mass is 16.5. The minimum absolute atomic E-state index is 0.544. The van der Waals surface area contributed by atoms with Gasteiger partial charge in [0.2, 0.25) is 12.4 Å². The van der Waals surface area contributed by atoms with Crippen LogP contribution in [0.25, 0.3) is 22.4 Å². The second kappa shape index (κ2) is 7.82. The van der Waals surface area contributed by atoms with E-state index in [0.717, 1.165) is 44.2 Å². The van der Waals surface area contributed by atoms with Crippen LogP contribution in [0.5, 0.6) is 0 Å². The topological polar surface area (TPSA) is 102 Å². The van der Waals surface area contributed by atoms with Crippen molar-refractivity contribution in [1.82, 2.24) is 15.2 Å². The van der Waals surface area contributed by atoms with E-state index in [-0.39, 0.29) is 0 Å². The molecule has 0 fully saturated rings. The van der Waals surface area contributed by atoms with Crippen LogP contribution in [0, 0.1) is 18.3 Å². The number of nitrogens with zero attached hydrogens (tertiary/aromatic N) is 4. The van der Waals surface area contributed by atoms with Crippen LogP contribution in [0.4, 0.5) is 5.82 Å². The lowest BCUT2D eigenvalue weighted by molar-refractivity contribution is -0.904. The summed E-state index contributed by atoms with van der Waals surface area (Å²) in [6, 6.07) is 17.3. The van der Waals surface area contributed by atoms with Crippen molar-refractivity contribution in [3.05, 3.63) is 83.9 Å².